The molecule has 3 N–H and O–H groups in total. The number of primary amides is 1. The van der Waals surface area contributed by atoms with Crippen LogP contribution in [0.5, 0.6) is 5.75 Å². The Morgan fingerprint density at radius 2 is 2.06 bits per heavy atom. The van der Waals surface area contributed by atoms with E-state index in [0.717, 1.165) is 11.3 Å². The highest BCUT2D eigenvalue weighted by Crippen LogP contribution is 2.25. The van der Waals surface area contributed by atoms with Crippen molar-refractivity contribution in [2.45, 2.75) is 19.3 Å². The van der Waals surface area contributed by atoms with Gasteiger partial charge in [-0.25, -0.2) is 0 Å². The molecule has 0 aliphatic rings. The number of methoxy groups -OCH3 is 1. The van der Waals surface area contributed by atoms with Gasteiger partial charge in [0.1, 0.15) is 5.75 Å². The molecule has 0 aliphatic carbocycles. The Morgan fingerprint density at radius 1 is 1.39 bits per heavy atom. The third-order valence-corrected chi connectivity index (χ3v) is 2.77. The summed E-state index contributed by atoms with van der Waals surface area (Å²) in [5, 5.41) is 2.50. The van der Waals surface area contributed by atoms with Crippen LogP contribution in [0.3, 0.4) is 0 Å². The second-order valence-electron chi connectivity index (χ2n) is 4.66. The van der Waals surface area contributed by atoms with Crippen LogP contribution >= 0.6 is 0 Å². The van der Waals surface area contributed by atoms with Crippen LogP contribution in [0, 0.1) is 0 Å². The number of amides is 2. The van der Waals surface area contributed by atoms with Crippen LogP contribution in [0.2, 0.25) is 0 Å². The third-order valence-electron chi connectivity index (χ3n) is 2.77. The highest BCUT2D eigenvalue weighted by Gasteiger charge is 2.22. The number of carbonyl (C=O) groups excluding carboxylic acids is 2. The number of ether oxygens (including phenoxy) is 1. The minimum absolute atomic E-state index is 0.320. The van der Waals surface area contributed by atoms with Crippen LogP contribution in [-0.4, -0.2) is 25.5 Å². The Hall–Kier alpha value is -2.04. The largest absolute Gasteiger partial charge is 0.497 e. The monoisotopic (exact) mass is 250 g/mol. The van der Waals surface area contributed by atoms with Crippen molar-refractivity contribution in [2.24, 2.45) is 5.73 Å². The molecular weight excluding hydrogens is 232 g/mol. The fourth-order valence-electron chi connectivity index (χ4n) is 1.53. The Balaban J connectivity index is 2.78. The van der Waals surface area contributed by atoms with E-state index < -0.39 is 11.8 Å². The standard InChI is InChI=1S/C13H18N2O3/c1-13(2,8-15-12(17)11(14)16)9-5-4-6-10(7-9)18-3/h4-7H,8H2,1-3H3,(H2,14,16)(H,15,17). The maximum Gasteiger partial charge on any atom is 0.309 e. The fraction of sp³-hybridized carbons (Fsp3) is 0.385. The zero-order valence-corrected chi connectivity index (χ0v) is 10.8. The van der Waals surface area contributed by atoms with Crippen molar-refractivity contribution in [3.63, 3.8) is 0 Å². The minimum Gasteiger partial charge on any atom is -0.497 e. The molecule has 0 radical (unpaired) electrons. The summed E-state index contributed by atoms with van der Waals surface area (Å²) in [6.07, 6.45) is 0. The molecule has 1 aromatic carbocycles. The smallest absolute Gasteiger partial charge is 0.309 e. The van der Waals surface area contributed by atoms with E-state index in [1.165, 1.54) is 0 Å². The number of nitrogens with two attached hydrogens (primary N) is 1. The molecule has 98 valence electrons. The van der Waals surface area contributed by atoms with E-state index in [1.807, 2.05) is 38.1 Å². The summed E-state index contributed by atoms with van der Waals surface area (Å²) in [7, 11) is 1.60. The van der Waals surface area contributed by atoms with Gasteiger partial charge in [-0.2, -0.15) is 0 Å². The molecule has 0 atom stereocenters. The number of carbonyl (C=O) groups is 2. The highest BCUT2D eigenvalue weighted by molar-refractivity contribution is 6.34. The van der Waals surface area contributed by atoms with Crippen LogP contribution in [-0.2, 0) is 15.0 Å². The molecule has 0 bridgehead atoms. The van der Waals surface area contributed by atoms with Crippen molar-refractivity contribution in [3.05, 3.63) is 29.8 Å². The van der Waals surface area contributed by atoms with Crippen LogP contribution in [0.15, 0.2) is 24.3 Å². The van der Waals surface area contributed by atoms with Gasteiger partial charge in [-0.15, -0.1) is 0 Å². The van der Waals surface area contributed by atoms with Crippen LogP contribution in [0.1, 0.15) is 19.4 Å². The maximum absolute atomic E-state index is 11.1. The summed E-state index contributed by atoms with van der Waals surface area (Å²) < 4.78 is 5.15. The predicted molar refractivity (Wildman–Crippen MR) is 68.2 cm³/mol. The average Bonchev–Trinajstić information content (AvgIpc) is 2.36. The minimum atomic E-state index is -0.976. The fourth-order valence-corrected chi connectivity index (χ4v) is 1.53. The van der Waals surface area contributed by atoms with Gasteiger partial charge >= 0.3 is 11.8 Å². The lowest BCUT2D eigenvalue weighted by molar-refractivity contribution is -0.137. The second kappa shape index (κ2) is 5.53. The average molecular weight is 250 g/mol. The first kappa shape index (κ1) is 14.0. The Labute approximate surface area is 106 Å². The van der Waals surface area contributed by atoms with Gasteiger partial charge in [0.05, 0.1) is 7.11 Å². The first-order valence-corrected chi connectivity index (χ1v) is 5.59. The molecule has 0 aliphatic heterocycles. The summed E-state index contributed by atoms with van der Waals surface area (Å²) in [4.78, 5) is 21.8. The van der Waals surface area contributed by atoms with Crippen molar-refractivity contribution >= 4 is 11.8 Å². The van der Waals surface area contributed by atoms with Gasteiger partial charge in [-0.3, -0.25) is 9.59 Å². The van der Waals surface area contributed by atoms with E-state index in [1.54, 1.807) is 7.11 Å². The summed E-state index contributed by atoms with van der Waals surface area (Å²) in [6, 6.07) is 7.57. The zero-order chi connectivity index (χ0) is 13.8. The molecule has 1 rings (SSSR count). The van der Waals surface area contributed by atoms with E-state index in [0.29, 0.717) is 6.54 Å². The lowest BCUT2D eigenvalue weighted by atomic mass is 9.84. The molecule has 5 nitrogen and oxygen atoms in total. The number of benzene rings is 1. The first-order chi connectivity index (χ1) is 8.36. The second-order valence-corrected chi connectivity index (χ2v) is 4.66. The van der Waals surface area contributed by atoms with Crippen molar-refractivity contribution in [3.8, 4) is 5.75 Å². The van der Waals surface area contributed by atoms with Gasteiger partial charge in [0.2, 0.25) is 0 Å². The molecule has 0 spiro atoms. The number of hydrogen-bond donors (Lipinski definition) is 2. The van der Waals surface area contributed by atoms with Gasteiger partial charge in [0, 0.05) is 12.0 Å². The third kappa shape index (κ3) is 3.48. The number of rotatable bonds is 4. The van der Waals surface area contributed by atoms with E-state index in [2.05, 4.69) is 5.32 Å². The molecule has 0 fully saturated rings. The van der Waals surface area contributed by atoms with E-state index in [9.17, 15) is 9.59 Å². The Kier molecular flexibility index (Phi) is 4.31. The molecule has 0 unspecified atom stereocenters. The van der Waals surface area contributed by atoms with Crippen LogP contribution in [0.25, 0.3) is 0 Å². The van der Waals surface area contributed by atoms with Gasteiger partial charge in [-0.05, 0) is 17.7 Å². The summed E-state index contributed by atoms with van der Waals surface area (Å²) in [5.41, 5.74) is 5.57. The van der Waals surface area contributed by atoms with Crippen molar-refractivity contribution in [2.75, 3.05) is 13.7 Å². The van der Waals surface area contributed by atoms with Gasteiger partial charge in [0.15, 0.2) is 0 Å². The molecule has 0 saturated heterocycles. The normalized spacial score (nSPS) is 10.8. The van der Waals surface area contributed by atoms with Gasteiger partial charge in [0.25, 0.3) is 0 Å². The van der Waals surface area contributed by atoms with Crippen LogP contribution < -0.4 is 15.8 Å². The van der Waals surface area contributed by atoms with Crippen molar-refractivity contribution < 1.29 is 14.3 Å². The first-order valence-electron chi connectivity index (χ1n) is 5.59. The van der Waals surface area contributed by atoms with E-state index >= 15 is 0 Å². The maximum atomic E-state index is 11.1. The molecule has 0 heterocycles. The predicted octanol–water partition coefficient (Wildman–Crippen LogP) is 0.574. The molecule has 18 heavy (non-hydrogen) atoms. The van der Waals surface area contributed by atoms with Gasteiger partial charge < -0.3 is 15.8 Å². The highest BCUT2D eigenvalue weighted by atomic mass is 16.5. The zero-order valence-electron chi connectivity index (χ0n) is 10.8. The lowest BCUT2D eigenvalue weighted by Gasteiger charge is -2.25. The summed E-state index contributed by atoms with van der Waals surface area (Å²) >= 11 is 0. The molecule has 2 amide bonds. The topological polar surface area (TPSA) is 81.4 Å². The summed E-state index contributed by atoms with van der Waals surface area (Å²) in [5.74, 6) is -0.996. The SMILES string of the molecule is COc1cccc(C(C)(C)CNC(=O)C(N)=O)c1. The van der Waals surface area contributed by atoms with Gasteiger partial charge in [-0.1, -0.05) is 26.0 Å². The molecule has 0 saturated carbocycles. The molecular formula is C13H18N2O3. The quantitative estimate of drug-likeness (QED) is 0.767. The molecule has 1 aromatic rings. The number of nitrogens with one attached hydrogen (secondary N) is 1. The number of hydrogen-bond acceptors (Lipinski definition) is 3. The van der Waals surface area contributed by atoms with Crippen molar-refractivity contribution in [1.82, 2.24) is 5.32 Å². The molecule has 5 heteroatoms. The Morgan fingerprint density at radius 3 is 2.61 bits per heavy atom. The van der Waals surface area contributed by atoms with Crippen molar-refractivity contribution in [1.29, 1.82) is 0 Å². The lowest BCUT2D eigenvalue weighted by Crippen LogP contribution is -2.42. The summed E-state index contributed by atoms with van der Waals surface area (Å²) in [6.45, 7) is 4.24. The van der Waals surface area contributed by atoms with E-state index in [4.69, 9.17) is 10.5 Å². The van der Waals surface area contributed by atoms with E-state index in [-0.39, 0.29) is 5.41 Å². The molecule has 0 aromatic heterocycles. The van der Waals surface area contributed by atoms with Crippen LogP contribution in [0.4, 0.5) is 0 Å². The Bertz CT molecular complexity index is 455.